The maximum atomic E-state index is 12.0. The van der Waals surface area contributed by atoms with Crippen LogP contribution in [0.5, 0.6) is 0 Å². The second-order valence-electron chi connectivity index (χ2n) is 4.73. The Morgan fingerprint density at radius 2 is 2.33 bits per heavy atom. The first-order valence-corrected chi connectivity index (χ1v) is 5.71. The van der Waals surface area contributed by atoms with Gasteiger partial charge in [-0.05, 0) is 19.8 Å². The molecule has 1 aliphatic rings. The van der Waals surface area contributed by atoms with Crippen LogP contribution in [0.3, 0.4) is 0 Å². The van der Waals surface area contributed by atoms with E-state index >= 15 is 0 Å². The van der Waals surface area contributed by atoms with Crippen LogP contribution in [-0.2, 0) is 4.79 Å². The predicted octanol–water partition coefficient (Wildman–Crippen LogP) is 0.345. The topological polar surface area (TPSA) is 66.6 Å². The van der Waals surface area contributed by atoms with Crippen molar-refractivity contribution in [1.82, 2.24) is 4.90 Å². The molecule has 1 amide bonds. The Hall–Kier alpha value is -0.610. The molecule has 0 radical (unpaired) electrons. The molecule has 1 rings (SSSR count). The lowest BCUT2D eigenvalue weighted by Crippen LogP contribution is -2.40. The Bertz CT molecular complexity index is 229. The summed E-state index contributed by atoms with van der Waals surface area (Å²) in [4.78, 5) is 13.7. The average molecular weight is 214 g/mol. The monoisotopic (exact) mass is 214 g/mol. The number of carbonyl (C=O) groups is 1. The van der Waals surface area contributed by atoms with Crippen molar-refractivity contribution in [2.24, 2.45) is 11.7 Å². The molecular weight excluding hydrogens is 192 g/mol. The molecule has 0 spiro atoms. The molecule has 0 aliphatic carbocycles. The van der Waals surface area contributed by atoms with Gasteiger partial charge in [0.2, 0.25) is 5.91 Å². The first kappa shape index (κ1) is 12.5. The third-order valence-corrected chi connectivity index (χ3v) is 3.03. The van der Waals surface area contributed by atoms with E-state index in [0.29, 0.717) is 26.1 Å². The summed E-state index contributed by atoms with van der Waals surface area (Å²) in [5.74, 6) is 0.0426. The Labute approximate surface area is 91.4 Å². The van der Waals surface area contributed by atoms with Crippen molar-refractivity contribution in [2.75, 3.05) is 19.6 Å². The van der Waals surface area contributed by atoms with Crippen molar-refractivity contribution >= 4 is 5.91 Å². The van der Waals surface area contributed by atoms with Gasteiger partial charge in [0.25, 0.3) is 0 Å². The van der Waals surface area contributed by atoms with E-state index in [-0.39, 0.29) is 11.8 Å². The number of aliphatic hydroxyl groups is 1. The molecule has 0 aromatic heterocycles. The summed E-state index contributed by atoms with van der Waals surface area (Å²) in [6, 6.07) is 0. The molecule has 1 aliphatic heterocycles. The molecule has 15 heavy (non-hydrogen) atoms. The number of carbonyl (C=O) groups excluding carboxylic acids is 1. The van der Waals surface area contributed by atoms with E-state index in [1.165, 1.54) is 0 Å². The van der Waals surface area contributed by atoms with Gasteiger partial charge in [-0.15, -0.1) is 0 Å². The van der Waals surface area contributed by atoms with Crippen LogP contribution in [0.15, 0.2) is 0 Å². The summed E-state index contributed by atoms with van der Waals surface area (Å²) in [5, 5.41) is 9.77. The van der Waals surface area contributed by atoms with Gasteiger partial charge in [-0.2, -0.15) is 0 Å². The summed E-state index contributed by atoms with van der Waals surface area (Å²) in [6.45, 7) is 5.34. The highest BCUT2D eigenvalue weighted by molar-refractivity contribution is 5.79. The highest BCUT2D eigenvalue weighted by Crippen LogP contribution is 2.22. The van der Waals surface area contributed by atoms with Gasteiger partial charge in [0, 0.05) is 19.6 Å². The summed E-state index contributed by atoms with van der Waals surface area (Å²) in [6.07, 6.45) is 2.48. The fourth-order valence-corrected chi connectivity index (χ4v) is 2.08. The van der Waals surface area contributed by atoms with Crippen LogP contribution in [0, 0.1) is 5.92 Å². The maximum Gasteiger partial charge on any atom is 0.227 e. The Morgan fingerprint density at radius 3 is 2.73 bits per heavy atom. The maximum absolute atomic E-state index is 12.0. The zero-order chi connectivity index (χ0) is 11.5. The van der Waals surface area contributed by atoms with Crippen LogP contribution in [0.25, 0.3) is 0 Å². The van der Waals surface area contributed by atoms with E-state index < -0.39 is 5.60 Å². The van der Waals surface area contributed by atoms with E-state index in [2.05, 4.69) is 6.92 Å². The fraction of sp³-hybridized carbons (Fsp3) is 0.909. The third kappa shape index (κ3) is 3.18. The van der Waals surface area contributed by atoms with E-state index in [1.807, 2.05) is 0 Å². The van der Waals surface area contributed by atoms with Crippen molar-refractivity contribution < 1.29 is 9.90 Å². The lowest BCUT2D eigenvalue weighted by Gasteiger charge is -2.23. The van der Waals surface area contributed by atoms with Crippen molar-refractivity contribution in [1.29, 1.82) is 0 Å². The minimum atomic E-state index is -0.707. The van der Waals surface area contributed by atoms with Gasteiger partial charge in [0.15, 0.2) is 0 Å². The smallest absolute Gasteiger partial charge is 0.227 e. The highest BCUT2D eigenvalue weighted by Gasteiger charge is 2.35. The summed E-state index contributed by atoms with van der Waals surface area (Å²) >= 11 is 0. The predicted molar refractivity (Wildman–Crippen MR) is 59.3 cm³/mol. The molecule has 4 heteroatoms. The van der Waals surface area contributed by atoms with Crippen LogP contribution in [0.2, 0.25) is 0 Å². The number of hydrogen-bond donors (Lipinski definition) is 2. The quantitative estimate of drug-likeness (QED) is 0.709. The van der Waals surface area contributed by atoms with Gasteiger partial charge < -0.3 is 15.7 Å². The fourth-order valence-electron chi connectivity index (χ4n) is 2.08. The molecule has 1 fully saturated rings. The number of nitrogens with two attached hydrogens (primary N) is 1. The minimum absolute atomic E-state index is 0.0658. The lowest BCUT2D eigenvalue weighted by atomic mass is 10.0. The number of β-amino-alcohol motifs (C(OH)–C–C–N with tert-alkyl or cyclic N) is 1. The van der Waals surface area contributed by atoms with Gasteiger partial charge in [0.1, 0.15) is 0 Å². The molecule has 88 valence electrons. The lowest BCUT2D eigenvalue weighted by molar-refractivity contribution is -0.135. The minimum Gasteiger partial charge on any atom is -0.388 e. The Morgan fingerprint density at radius 1 is 1.67 bits per heavy atom. The molecule has 0 bridgehead atoms. The third-order valence-electron chi connectivity index (χ3n) is 3.03. The molecule has 1 heterocycles. The van der Waals surface area contributed by atoms with Crippen molar-refractivity contribution in [3.8, 4) is 0 Å². The number of rotatable bonds is 4. The molecule has 3 N–H and O–H groups in total. The molecule has 1 saturated heterocycles. The van der Waals surface area contributed by atoms with Gasteiger partial charge >= 0.3 is 0 Å². The number of amides is 1. The van der Waals surface area contributed by atoms with Gasteiger partial charge in [-0.3, -0.25) is 4.79 Å². The van der Waals surface area contributed by atoms with Crippen LogP contribution in [-0.4, -0.2) is 41.1 Å². The van der Waals surface area contributed by atoms with Gasteiger partial charge in [-0.1, -0.05) is 13.3 Å². The second kappa shape index (κ2) is 4.94. The number of nitrogens with zero attached hydrogens (tertiary/aromatic N) is 1. The normalized spacial score (nSPS) is 28.1. The van der Waals surface area contributed by atoms with Crippen LogP contribution in [0.1, 0.15) is 33.1 Å². The summed E-state index contributed by atoms with van der Waals surface area (Å²) < 4.78 is 0. The second-order valence-corrected chi connectivity index (χ2v) is 4.73. The van der Waals surface area contributed by atoms with Crippen LogP contribution >= 0.6 is 0 Å². The van der Waals surface area contributed by atoms with Gasteiger partial charge in [-0.25, -0.2) is 0 Å². The van der Waals surface area contributed by atoms with E-state index in [9.17, 15) is 9.90 Å². The summed E-state index contributed by atoms with van der Waals surface area (Å²) in [5.41, 5.74) is 4.88. The first-order chi connectivity index (χ1) is 7.00. The molecular formula is C11H22N2O2. The molecule has 0 aromatic carbocycles. The molecule has 4 nitrogen and oxygen atoms in total. The van der Waals surface area contributed by atoms with E-state index in [4.69, 9.17) is 5.73 Å². The largest absolute Gasteiger partial charge is 0.388 e. The Kier molecular flexibility index (Phi) is 4.11. The molecule has 2 atom stereocenters. The number of hydrogen-bond acceptors (Lipinski definition) is 3. The standard InChI is InChI=1S/C11H22N2O2/c1-3-4-9(7-12)10(14)13-6-5-11(2,15)8-13/h9,15H,3-8,12H2,1-2H3. The molecule has 2 unspecified atom stereocenters. The SMILES string of the molecule is CCCC(CN)C(=O)N1CCC(C)(O)C1. The molecule has 0 saturated carbocycles. The first-order valence-electron chi connectivity index (χ1n) is 5.71. The summed E-state index contributed by atoms with van der Waals surface area (Å²) in [7, 11) is 0. The van der Waals surface area contributed by atoms with Gasteiger partial charge in [0.05, 0.1) is 11.5 Å². The van der Waals surface area contributed by atoms with Crippen LogP contribution in [0.4, 0.5) is 0 Å². The van der Waals surface area contributed by atoms with Crippen molar-refractivity contribution in [3.63, 3.8) is 0 Å². The zero-order valence-electron chi connectivity index (χ0n) is 9.70. The van der Waals surface area contributed by atoms with Crippen LogP contribution < -0.4 is 5.73 Å². The van der Waals surface area contributed by atoms with Crippen molar-refractivity contribution in [2.45, 2.75) is 38.7 Å². The van der Waals surface area contributed by atoms with Crippen molar-refractivity contribution in [3.05, 3.63) is 0 Å². The van der Waals surface area contributed by atoms with E-state index in [1.54, 1.807) is 11.8 Å². The number of likely N-dealkylation sites (tertiary alicyclic amines) is 1. The average Bonchev–Trinajstić information content (AvgIpc) is 2.54. The zero-order valence-corrected chi connectivity index (χ0v) is 9.70. The van der Waals surface area contributed by atoms with E-state index in [0.717, 1.165) is 12.8 Å². The molecule has 0 aromatic rings. The Balaban J connectivity index is 2.53. The highest BCUT2D eigenvalue weighted by atomic mass is 16.3.